The van der Waals surface area contributed by atoms with Crippen LogP contribution in [-0.4, -0.2) is 23.7 Å². The molecule has 0 saturated carbocycles. The number of hydrogen-bond acceptors (Lipinski definition) is 4. The van der Waals surface area contributed by atoms with Gasteiger partial charge >= 0.3 is 0 Å². The van der Waals surface area contributed by atoms with Crippen LogP contribution in [0.2, 0.25) is 5.15 Å². The van der Waals surface area contributed by atoms with Crippen LogP contribution in [0.3, 0.4) is 0 Å². The van der Waals surface area contributed by atoms with E-state index in [-0.39, 0.29) is 5.15 Å². The molecule has 1 aromatic heterocycles. The predicted molar refractivity (Wildman–Crippen MR) is 99.4 cm³/mol. The Kier molecular flexibility index (Phi) is 5.43. The minimum Gasteiger partial charge on any atom is -0.494 e. The van der Waals surface area contributed by atoms with Crippen molar-refractivity contribution in [2.75, 3.05) is 6.61 Å². The summed E-state index contributed by atoms with van der Waals surface area (Å²) < 4.78 is 18.3. The Morgan fingerprint density at radius 1 is 1.27 bits per heavy atom. The predicted octanol–water partition coefficient (Wildman–Crippen LogP) is 4.19. The Morgan fingerprint density at radius 3 is 2.77 bits per heavy atom. The number of halogens is 2. The van der Waals surface area contributed by atoms with Gasteiger partial charge < -0.3 is 4.74 Å². The first kappa shape index (κ1) is 17.8. The lowest BCUT2D eigenvalue weighted by atomic mass is 10.1. The van der Waals surface area contributed by atoms with E-state index in [2.05, 4.69) is 15.5 Å². The van der Waals surface area contributed by atoms with Crippen LogP contribution >= 0.6 is 11.6 Å². The van der Waals surface area contributed by atoms with E-state index in [1.54, 1.807) is 0 Å². The molecular weight excluding hydrogens is 357 g/mol. The third kappa shape index (κ3) is 4.15. The third-order valence-corrected chi connectivity index (χ3v) is 3.86. The average Bonchev–Trinajstić information content (AvgIpc) is 2.63. The van der Waals surface area contributed by atoms with Crippen LogP contribution in [0.5, 0.6) is 5.75 Å². The van der Waals surface area contributed by atoms with Gasteiger partial charge in [-0.1, -0.05) is 11.6 Å². The van der Waals surface area contributed by atoms with Crippen molar-refractivity contribution < 1.29 is 13.9 Å². The highest BCUT2D eigenvalue weighted by Gasteiger charge is 2.06. The summed E-state index contributed by atoms with van der Waals surface area (Å²) in [5, 5.41) is 5.01. The number of ether oxygens (including phenoxy) is 1. The number of pyridine rings is 1. The van der Waals surface area contributed by atoms with E-state index in [0.29, 0.717) is 23.3 Å². The normalized spacial score (nSPS) is 11.0. The number of hydrazone groups is 1. The van der Waals surface area contributed by atoms with Crippen molar-refractivity contribution in [2.45, 2.75) is 6.92 Å². The number of amides is 1. The minimum atomic E-state index is -0.451. The van der Waals surface area contributed by atoms with E-state index in [1.165, 1.54) is 30.5 Å². The van der Waals surface area contributed by atoms with Gasteiger partial charge in [-0.05, 0) is 49.4 Å². The smallest absolute Gasteiger partial charge is 0.271 e. The summed E-state index contributed by atoms with van der Waals surface area (Å²) in [5.74, 6) is -0.143. The lowest BCUT2D eigenvalue weighted by Crippen LogP contribution is -2.17. The minimum absolute atomic E-state index is 0.255. The van der Waals surface area contributed by atoms with Crippen molar-refractivity contribution in [1.82, 2.24) is 10.4 Å². The van der Waals surface area contributed by atoms with Gasteiger partial charge in [0.2, 0.25) is 0 Å². The number of carbonyl (C=O) groups is 1. The SMILES string of the molecule is CCOc1ccc2cc(C=NNC(=O)c3ccc(F)cc3)c(Cl)nc2c1. The first-order valence-corrected chi connectivity index (χ1v) is 8.26. The number of hydrogen-bond donors (Lipinski definition) is 1. The third-order valence-electron chi connectivity index (χ3n) is 3.56. The highest BCUT2D eigenvalue weighted by Crippen LogP contribution is 2.23. The molecule has 0 atom stereocenters. The highest BCUT2D eigenvalue weighted by molar-refractivity contribution is 6.32. The van der Waals surface area contributed by atoms with Crippen LogP contribution in [0.15, 0.2) is 53.6 Å². The van der Waals surface area contributed by atoms with Gasteiger partial charge in [-0.3, -0.25) is 4.79 Å². The summed E-state index contributed by atoms with van der Waals surface area (Å²) in [4.78, 5) is 16.3. The number of aromatic nitrogens is 1. The van der Waals surface area contributed by atoms with Gasteiger partial charge in [0.05, 0.1) is 18.3 Å². The maximum absolute atomic E-state index is 12.9. The number of carbonyl (C=O) groups excluding carboxylic acids is 1. The summed E-state index contributed by atoms with van der Waals surface area (Å²) in [5.41, 5.74) is 3.93. The molecule has 0 fully saturated rings. The zero-order valence-corrected chi connectivity index (χ0v) is 14.6. The van der Waals surface area contributed by atoms with Gasteiger partial charge in [-0.15, -0.1) is 0 Å². The van der Waals surface area contributed by atoms with Crippen molar-refractivity contribution in [2.24, 2.45) is 5.10 Å². The fourth-order valence-corrected chi connectivity index (χ4v) is 2.51. The van der Waals surface area contributed by atoms with Crippen molar-refractivity contribution in [1.29, 1.82) is 0 Å². The Hall–Kier alpha value is -2.99. The van der Waals surface area contributed by atoms with Crippen molar-refractivity contribution in [3.05, 3.63) is 70.6 Å². The highest BCUT2D eigenvalue weighted by atomic mass is 35.5. The molecule has 0 aliphatic carbocycles. The van der Waals surface area contributed by atoms with Gasteiger partial charge in [0.1, 0.15) is 16.7 Å². The van der Waals surface area contributed by atoms with Crippen molar-refractivity contribution in [3.8, 4) is 5.75 Å². The van der Waals surface area contributed by atoms with E-state index < -0.39 is 11.7 Å². The Balaban J connectivity index is 1.76. The second-order valence-electron chi connectivity index (χ2n) is 5.36. The largest absolute Gasteiger partial charge is 0.494 e. The monoisotopic (exact) mass is 371 g/mol. The molecule has 5 nitrogen and oxygen atoms in total. The molecule has 2 aromatic carbocycles. The molecule has 0 radical (unpaired) electrons. The first-order chi connectivity index (χ1) is 12.6. The molecule has 0 bridgehead atoms. The summed E-state index contributed by atoms with van der Waals surface area (Å²) in [6, 6.07) is 12.5. The molecule has 0 aliphatic heterocycles. The summed E-state index contributed by atoms with van der Waals surface area (Å²) in [6.07, 6.45) is 1.41. The molecule has 1 heterocycles. The first-order valence-electron chi connectivity index (χ1n) is 7.89. The van der Waals surface area contributed by atoms with Crippen LogP contribution in [0.4, 0.5) is 4.39 Å². The molecule has 0 saturated heterocycles. The number of fused-ring (bicyclic) bond motifs is 1. The Morgan fingerprint density at radius 2 is 2.04 bits per heavy atom. The molecule has 1 amide bonds. The summed E-state index contributed by atoms with van der Waals surface area (Å²) >= 11 is 6.18. The van der Waals surface area contributed by atoms with Crippen LogP contribution in [0.25, 0.3) is 10.9 Å². The van der Waals surface area contributed by atoms with Crippen LogP contribution < -0.4 is 10.2 Å². The second kappa shape index (κ2) is 7.93. The van der Waals surface area contributed by atoms with Gasteiger partial charge in [0.25, 0.3) is 5.91 Å². The fourth-order valence-electron chi connectivity index (χ4n) is 2.31. The van der Waals surface area contributed by atoms with Crippen LogP contribution in [-0.2, 0) is 0 Å². The molecular formula is C19H15ClFN3O2. The molecule has 7 heteroatoms. The Bertz CT molecular complexity index is 974. The van der Waals surface area contributed by atoms with Crippen molar-refractivity contribution >= 4 is 34.6 Å². The second-order valence-corrected chi connectivity index (χ2v) is 5.72. The van der Waals surface area contributed by atoms with Crippen molar-refractivity contribution in [3.63, 3.8) is 0 Å². The lowest BCUT2D eigenvalue weighted by molar-refractivity contribution is 0.0955. The molecule has 0 spiro atoms. The van der Waals surface area contributed by atoms with E-state index in [9.17, 15) is 9.18 Å². The standard InChI is InChI=1S/C19H15ClFN3O2/c1-2-26-16-8-5-13-9-14(18(20)23-17(13)10-16)11-22-24-19(25)12-3-6-15(21)7-4-12/h3-11H,2H2,1H3,(H,24,25). The molecule has 132 valence electrons. The Labute approximate surface area is 154 Å². The molecule has 0 unspecified atom stereocenters. The maximum atomic E-state index is 12.9. The topological polar surface area (TPSA) is 63.6 Å². The molecule has 1 N–H and O–H groups in total. The van der Waals surface area contributed by atoms with E-state index >= 15 is 0 Å². The van der Waals surface area contributed by atoms with E-state index in [1.807, 2.05) is 31.2 Å². The lowest BCUT2D eigenvalue weighted by Gasteiger charge is -2.06. The number of nitrogens with zero attached hydrogens (tertiary/aromatic N) is 2. The average molecular weight is 372 g/mol. The molecule has 3 aromatic rings. The fraction of sp³-hybridized carbons (Fsp3) is 0.105. The van der Waals surface area contributed by atoms with Gasteiger partial charge in [-0.25, -0.2) is 14.8 Å². The molecule has 3 rings (SSSR count). The summed E-state index contributed by atoms with van der Waals surface area (Å²) in [7, 11) is 0. The maximum Gasteiger partial charge on any atom is 0.271 e. The van der Waals surface area contributed by atoms with Gasteiger partial charge in [0, 0.05) is 22.6 Å². The number of nitrogens with one attached hydrogen (secondary N) is 1. The molecule has 26 heavy (non-hydrogen) atoms. The number of rotatable bonds is 5. The zero-order chi connectivity index (χ0) is 18.5. The van der Waals surface area contributed by atoms with Crippen LogP contribution in [0.1, 0.15) is 22.8 Å². The van der Waals surface area contributed by atoms with Gasteiger partial charge in [0.15, 0.2) is 0 Å². The molecule has 0 aliphatic rings. The summed E-state index contributed by atoms with van der Waals surface area (Å²) in [6.45, 7) is 2.47. The number of benzene rings is 2. The van der Waals surface area contributed by atoms with E-state index in [0.717, 1.165) is 11.1 Å². The van der Waals surface area contributed by atoms with Gasteiger partial charge in [-0.2, -0.15) is 5.10 Å². The zero-order valence-electron chi connectivity index (χ0n) is 13.9. The van der Waals surface area contributed by atoms with Crippen LogP contribution in [0, 0.1) is 5.82 Å². The quantitative estimate of drug-likeness (QED) is 0.415. The van der Waals surface area contributed by atoms with E-state index in [4.69, 9.17) is 16.3 Å².